The molecule has 4 aromatic rings. The molecular weight excluding hydrogens is 254 g/mol. The monoisotopic (exact) mass is 270 g/mol. The van der Waals surface area contributed by atoms with Crippen molar-refractivity contribution in [1.29, 1.82) is 0 Å². The molecule has 0 unspecified atom stereocenters. The molecule has 1 aromatic heterocycles. The highest BCUT2D eigenvalue weighted by Crippen LogP contribution is 2.34. The molecule has 0 atom stereocenters. The van der Waals surface area contributed by atoms with Crippen LogP contribution in [0.2, 0.25) is 0 Å². The molecule has 1 nitrogen and oxygen atoms in total. The lowest BCUT2D eigenvalue weighted by Crippen LogP contribution is -2.25. The predicted molar refractivity (Wildman–Crippen MR) is 88.1 cm³/mol. The summed E-state index contributed by atoms with van der Waals surface area (Å²) in [6, 6.07) is 23.9. The van der Waals surface area contributed by atoms with E-state index in [0.29, 0.717) is 0 Å². The Labute approximate surface area is 124 Å². The van der Waals surface area contributed by atoms with Gasteiger partial charge in [-0.2, -0.15) is 0 Å². The number of aromatic nitrogens is 1. The lowest BCUT2D eigenvalue weighted by molar-refractivity contribution is -0.671. The lowest BCUT2D eigenvalue weighted by atomic mass is 9.94. The molecule has 0 saturated heterocycles. The van der Waals surface area contributed by atoms with Crippen LogP contribution < -0.4 is 4.57 Å². The Kier molecular flexibility index (Phi) is 2.71. The summed E-state index contributed by atoms with van der Waals surface area (Å²) in [5.41, 5.74) is 2.56. The van der Waals surface area contributed by atoms with Crippen molar-refractivity contribution in [2.75, 3.05) is 0 Å². The lowest BCUT2D eigenvalue weighted by Gasteiger charge is -2.10. The zero-order valence-electron chi connectivity index (χ0n) is 12.0. The smallest absolute Gasteiger partial charge is 0.169 e. The summed E-state index contributed by atoms with van der Waals surface area (Å²) < 4.78 is 2.06. The zero-order valence-corrected chi connectivity index (χ0v) is 12.0. The van der Waals surface area contributed by atoms with Crippen LogP contribution in [0.1, 0.15) is 0 Å². The van der Waals surface area contributed by atoms with Crippen molar-refractivity contribution < 1.29 is 4.57 Å². The van der Waals surface area contributed by atoms with Crippen LogP contribution >= 0.6 is 0 Å². The standard InChI is InChI=1S/C20H16N/c1-21-12-10-15(11-13-21)20-14-16-6-2-3-7-17(16)18-8-4-5-9-19(18)20/h2-14H,1H3/q+1. The minimum absolute atomic E-state index is 1.26. The van der Waals surface area contributed by atoms with Crippen molar-refractivity contribution in [3.8, 4) is 11.1 Å². The number of hydrogen-bond acceptors (Lipinski definition) is 0. The third-order valence-electron chi connectivity index (χ3n) is 4.06. The Hall–Kier alpha value is -2.67. The first-order valence-corrected chi connectivity index (χ1v) is 7.19. The molecule has 0 amide bonds. The summed E-state index contributed by atoms with van der Waals surface area (Å²) in [5, 5.41) is 5.24. The van der Waals surface area contributed by atoms with Crippen LogP contribution in [0, 0.1) is 0 Å². The zero-order chi connectivity index (χ0) is 14.2. The van der Waals surface area contributed by atoms with E-state index in [1.165, 1.54) is 32.7 Å². The van der Waals surface area contributed by atoms with Crippen LogP contribution in [-0.2, 0) is 7.05 Å². The van der Waals surface area contributed by atoms with Gasteiger partial charge in [0.15, 0.2) is 12.4 Å². The maximum absolute atomic E-state index is 2.30. The highest BCUT2D eigenvalue weighted by Gasteiger charge is 2.08. The van der Waals surface area contributed by atoms with E-state index in [2.05, 4.69) is 83.7 Å². The Bertz CT molecular complexity index is 937. The summed E-state index contributed by atoms with van der Waals surface area (Å²) >= 11 is 0. The summed E-state index contributed by atoms with van der Waals surface area (Å²) in [6.07, 6.45) is 4.19. The van der Waals surface area contributed by atoms with Crippen molar-refractivity contribution in [2.45, 2.75) is 0 Å². The largest absolute Gasteiger partial charge is 0.208 e. The van der Waals surface area contributed by atoms with E-state index in [4.69, 9.17) is 0 Å². The maximum atomic E-state index is 2.30. The third kappa shape index (κ3) is 1.98. The molecule has 0 spiro atoms. The molecule has 0 bridgehead atoms. The summed E-state index contributed by atoms with van der Waals surface area (Å²) in [6.45, 7) is 0. The fourth-order valence-corrected chi connectivity index (χ4v) is 2.97. The number of pyridine rings is 1. The quantitative estimate of drug-likeness (QED) is 0.354. The first-order chi connectivity index (χ1) is 10.3. The minimum atomic E-state index is 1.26. The first kappa shape index (κ1) is 12.1. The van der Waals surface area contributed by atoms with Crippen molar-refractivity contribution in [1.82, 2.24) is 0 Å². The second-order valence-corrected chi connectivity index (χ2v) is 5.44. The van der Waals surface area contributed by atoms with E-state index in [0.717, 1.165) is 0 Å². The van der Waals surface area contributed by atoms with Gasteiger partial charge in [0, 0.05) is 12.1 Å². The third-order valence-corrected chi connectivity index (χ3v) is 4.06. The second-order valence-electron chi connectivity index (χ2n) is 5.44. The van der Waals surface area contributed by atoms with Crippen LogP contribution in [0.25, 0.3) is 32.7 Å². The molecule has 4 rings (SSSR count). The molecule has 0 radical (unpaired) electrons. The van der Waals surface area contributed by atoms with Gasteiger partial charge in [0.2, 0.25) is 0 Å². The van der Waals surface area contributed by atoms with Gasteiger partial charge in [-0.05, 0) is 38.7 Å². The number of rotatable bonds is 1. The molecule has 0 aliphatic heterocycles. The van der Waals surface area contributed by atoms with Crippen LogP contribution in [0.3, 0.4) is 0 Å². The fraction of sp³-hybridized carbons (Fsp3) is 0.0500. The molecular formula is C20H16N+. The van der Waals surface area contributed by atoms with Crippen molar-refractivity contribution in [3.63, 3.8) is 0 Å². The van der Waals surface area contributed by atoms with Gasteiger partial charge >= 0.3 is 0 Å². The van der Waals surface area contributed by atoms with Crippen molar-refractivity contribution >= 4 is 21.5 Å². The molecule has 0 saturated carbocycles. The first-order valence-electron chi connectivity index (χ1n) is 7.19. The number of benzene rings is 3. The van der Waals surface area contributed by atoms with Gasteiger partial charge in [0.05, 0.1) is 0 Å². The van der Waals surface area contributed by atoms with E-state index >= 15 is 0 Å². The summed E-state index contributed by atoms with van der Waals surface area (Å²) in [4.78, 5) is 0. The minimum Gasteiger partial charge on any atom is -0.208 e. The highest BCUT2D eigenvalue weighted by atomic mass is 14.9. The van der Waals surface area contributed by atoms with Crippen LogP contribution in [-0.4, -0.2) is 0 Å². The molecule has 0 N–H and O–H groups in total. The van der Waals surface area contributed by atoms with Gasteiger partial charge in [-0.25, -0.2) is 4.57 Å². The van der Waals surface area contributed by atoms with Gasteiger partial charge in [0.25, 0.3) is 0 Å². The summed E-state index contributed by atoms with van der Waals surface area (Å²) in [5.74, 6) is 0. The van der Waals surface area contributed by atoms with Gasteiger partial charge < -0.3 is 0 Å². The molecule has 100 valence electrons. The van der Waals surface area contributed by atoms with Crippen molar-refractivity contribution in [2.24, 2.45) is 7.05 Å². The number of aryl methyl sites for hydroxylation is 1. The average Bonchev–Trinajstić information content (AvgIpc) is 2.55. The van der Waals surface area contributed by atoms with Crippen molar-refractivity contribution in [3.05, 3.63) is 79.1 Å². The van der Waals surface area contributed by atoms with Gasteiger partial charge in [-0.3, -0.25) is 0 Å². The molecule has 3 aromatic carbocycles. The van der Waals surface area contributed by atoms with Crippen LogP contribution in [0.15, 0.2) is 79.1 Å². The fourth-order valence-electron chi connectivity index (χ4n) is 2.97. The normalized spacial score (nSPS) is 11.1. The molecule has 0 aliphatic rings. The van der Waals surface area contributed by atoms with Gasteiger partial charge in [0.1, 0.15) is 7.05 Å². The average molecular weight is 270 g/mol. The molecule has 0 aliphatic carbocycles. The molecule has 1 heteroatoms. The molecule has 1 heterocycles. The van der Waals surface area contributed by atoms with Gasteiger partial charge in [-0.15, -0.1) is 0 Å². The number of nitrogens with zero attached hydrogens (tertiary/aromatic N) is 1. The predicted octanol–water partition coefficient (Wildman–Crippen LogP) is 4.48. The van der Waals surface area contributed by atoms with Crippen LogP contribution in [0.4, 0.5) is 0 Å². The Balaban J connectivity index is 2.13. The molecule has 21 heavy (non-hydrogen) atoms. The Morgan fingerprint density at radius 2 is 1.29 bits per heavy atom. The number of hydrogen-bond donors (Lipinski definition) is 0. The molecule has 0 fully saturated rings. The van der Waals surface area contributed by atoms with E-state index in [1.807, 2.05) is 7.05 Å². The SMILES string of the molecule is C[n+]1ccc(-c2cc3ccccc3c3ccccc23)cc1. The Morgan fingerprint density at radius 1 is 0.667 bits per heavy atom. The van der Waals surface area contributed by atoms with E-state index in [1.54, 1.807) is 0 Å². The van der Waals surface area contributed by atoms with E-state index in [-0.39, 0.29) is 0 Å². The van der Waals surface area contributed by atoms with Gasteiger partial charge in [-0.1, -0.05) is 48.5 Å². The maximum Gasteiger partial charge on any atom is 0.169 e. The second kappa shape index (κ2) is 4.71. The van der Waals surface area contributed by atoms with E-state index in [9.17, 15) is 0 Å². The highest BCUT2D eigenvalue weighted by molar-refractivity contribution is 6.13. The topological polar surface area (TPSA) is 3.88 Å². The Morgan fingerprint density at radius 3 is 2.05 bits per heavy atom. The summed E-state index contributed by atoms with van der Waals surface area (Å²) in [7, 11) is 2.04. The number of fused-ring (bicyclic) bond motifs is 3. The van der Waals surface area contributed by atoms with Crippen LogP contribution in [0.5, 0.6) is 0 Å². The van der Waals surface area contributed by atoms with E-state index < -0.39 is 0 Å².